The molecular weight excluding hydrogens is 350 g/mol. The lowest BCUT2D eigenvalue weighted by molar-refractivity contribution is 0.0784. The highest BCUT2D eigenvalue weighted by Gasteiger charge is 2.24. The van der Waals surface area contributed by atoms with Crippen molar-refractivity contribution in [3.8, 4) is 5.75 Å². The number of rotatable bonds is 6. The van der Waals surface area contributed by atoms with Crippen LogP contribution in [0.2, 0.25) is 0 Å². The van der Waals surface area contributed by atoms with Crippen molar-refractivity contribution < 1.29 is 9.53 Å². The van der Waals surface area contributed by atoms with Crippen molar-refractivity contribution in [2.45, 2.75) is 32.2 Å². The zero-order chi connectivity index (χ0) is 19.2. The van der Waals surface area contributed by atoms with Crippen LogP contribution in [0.3, 0.4) is 0 Å². The third-order valence-electron chi connectivity index (χ3n) is 5.70. The summed E-state index contributed by atoms with van der Waals surface area (Å²) in [6.45, 7) is 5.39. The largest absolute Gasteiger partial charge is 0.492 e. The van der Waals surface area contributed by atoms with Crippen LogP contribution in [-0.2, 0) is 6.54 Å². The molecule has 2 aromatic rings. The van der Waals surface area contributed by atoms with Crippen molar-refractivity contribution in [2.24, 2.45) is 5.92 Å². The van der Waals surface area contributed by atoms with Crippen LogP contribution in [0.5, 0.6) is 5.75 Å². The number of carbonyl (C=O) groups is 1. The molecule has 3 heterocycles. The van der Waals surface area contributed by atoms with Gasteiger partial charge in [-0.25, -0.2) is 0 Å². The van der Waals surface area contributed by atoms with Crippen LogP contribution >= 0.6 is 0 Å². The summed E-state index contributed by atoms with van der Waals surface area (Å²) in [6, 6.07) is 13.8. The van der Waals surface area contributed by atoms with E-state index < -0.39 is 0 Å². The molecule has 148 valence electrons. The summed E-state index contributed by atoms with van der Waals surface area (Å²) in [7, 11) is 0. The van der Waals surface area contributed by atoms with Crippen molar-refractivity contribution in [3.05, 3.63) is 59.9 Å². The number of nitrogens with zero attached hydrogens (tertiary/aromatic N) is 3. The average Bonchev–Trinajstić information content (AvgIpc) is 3.28. The molecule has 0 saturated carbocycles. The highest BCUT2D eigenvalue weighted by molar-refractivity contribution is 5.97. The topological polar surface area (TPSA) is 45.7 Å². The van der Waals surface area contributed by atoms with Gasteiger partial charge in [-0.1, -0.05) is 18.2 Å². The van der Waals surface area contributed by atoms with Gasteiger partial charge in [0.1, 0.15) is 5.75 Å². The van der Waals surface area contributed by atoms with Crippen LogP contribution in [0.15, 0.2) is 48.7 Å². The number of likely N-dealkylation sites (tertiary alicyclic amines) is 2. The van der Waals surface area contributed by atoms with Gasteiger partial charge in [0.2, 0.25) is 0 Å². The van der Waals surface area contributed by atoms with Crippen molar-refractivity contribution in [3.63, 3.8) is 0 Å². The second-order valence-corrected chi connectivity index (χ2v) is 7.87. The van der Waals surface area contributed by atoms with Crippen molar-refractivity contribution in [1.29, 1.82) is 0 Å². The Morgan fingerprint density at radius 2 is 1.86 bits per heavy atom. The Hall–Kier alpha value is -2.40. The maximum Gasteiger partial charge on any atom is 0.257 e. The van der Waals surface area contributed by atoms with Gasteiger partial charge >= 0.3 is 0 Å². The molecule has 5 heteroatoms. The van der Waals surface area contributed by atoms with E-state index in [-0.39, 0.29) is 5.91 Å². The van der Waals surface area contributed by atoms with Crippen LogP contribution < -0.4 is 4.74 Å². The van der Waals surface area contributed by atoms with Crippen molar-refractivity contribution in [2.75, 3.05) is 32.8 Å². The monoisotopic (exact) mass is 379 g/mol. The molecule has 28 heavy (non-hydrogen) atoms. The molecule has 1 amide bonds. The third kappa shape index (κ3) is 4.71. The zero-order valence-corrected chi connectivity index (χ0v) is 16.4. The molecule has 0 spiro atoms. The molecule has 1 aromatic carbocycles. The van der Waals surface area contributed by atoms with E-state index >= 15 is 0 Å². The highest BCUT2D eigenvalue weighted by atomic mass is 16.5. The minimum Gasteiger partial charge on any atom is -0.492 e. The fourth-order valence-electron chi connectivity index (χ4n) is 4.22. The fraction of sp³-hybridized carbons (Fsp3) is 0.478. The van der Waals surface area contributed by atoms with Gasteiger partial charge in [0.25, 0.3) is 5.91 Å². The molecule has 2 aliphatic rings. The Balaban J connectivity index is 1.34. The van der Waals surface area contributed by atoms with E-state index in [4.69, 9.17) is 4.74 Å². The number of ether oxygens (including phenoxy) is 1. The van der Waals surface area contributed by atoms with Crippen LogP contribution in [0, 0.1) is 5.92 Å². The zero-order valence-electron chi connectivity index (χ0n) is 16.4. The van der Waals surface area contributed by atoms with Gasteiger partial charge in [-0.05, 0) is 56.5 Å². The number of piperidine rings is 1. The molecule has 0 bridgehead atoms. The van der Waals surface area contributed by atoms with Crippen molar-refractivity contribution in [1.82, 2.24) is 14.8 Å². The number of aromatic nitrogens is 1. The number of para-hydroxylation sites is 1. The number of carbonyl (C=O) groups excluding carboxylic acids is 1. The molecule has 2 aliphatic heterocycles. The van der Waals surface area contributed by atoms with Gasteiger partial charge in [-0.3, -0.25) is 14.7 Å². The predicted octanol–water partition coefficient (Wildman–Crippen LogP) is 3.61. The van der Waals surface area contributed by atoms with Gasteiger partial charge in [0.15, 0.2) is 0 Å². The van der Waals surface area contributed by atoms with E-state index in [2.05, 4.69) is 16.0 Å². The van der Waals surface area contributed by atoms with E-state index in [0.29, 0.717) is 18.1 Å². The molecule has 2 saturated heterocycles. The average molecular weight is 380 g/mol. The van der Waals surface area contributed by atoms with E-state index in [1.807, 2.05) is 47.5 Å². The Morgan fingerprint density at radius 3 is 2.68 bits per heavy atom. The lowest BCUT2D eigenvalue weighted by Gasteiger charge is -2.32. The number of pyridine rings is 1. The van der Waals surface area contributed by atoms with E-state index in [0.717, 1.165) is 57.0 Å². The van der Waals surface area contributed by atoms with Gasteiger partial charge in [-0.2, -0.15) is 0 Å². The predicted molar refractivity (Wildman–Crippen MR) is 109 cm³/mol. The second kappa shape index (κ2) is 9.20. The lowest BCUT2D eigenvalue weighted by atomic mass is 9.98. The van der Waals surface area contributed by atoms with Crippen LogP contribution in [0.4, 0.5) is 0 Å². The molecule has 0 N–H and O–H groups in total. The molecule has 1 atom stereocenters. The molecular formula is C23H29N3O2. The number of hydrogen-bond donors (Lipinski definition) is 0. The number of hydrogen-bond acceptors (Lipinski definition) is 4. The quantitative estimate of drug-likeness (QED) is 0.769. The minimum absolute atomic E-state index is 0.105. The summed E-state index contributed by atoms with van der Waals surface area (Å²) in [5.41, 5.74) is 1.82. The molecule has 4 rings (SSSR count). The molecule has 5 nitrogen and oxygen atoms in total. The molecule has 0 radical (unpaired) electrons. The van der Waals surface area contributed by atoms with Gasteiger partial charge < -0.3 is 9.64 Å². The Morgan fingerprint density at radius 1 is 1.04 bits per heavy atom. The maximum absolute atomic E-state index is 12.8. The van der Waals surface area contributed by atoms with E-state index in [1.54, 1.807) is 0 Å². The Bertz CT molecular complexity index is 774. The number of amides is 1. The Kier molecular flexibility index (Phi) is 6.22. The summed E-state index contributed by atoms with van der Waals surface area (Å²) < 4.78 is 6.17. The van der Waals surface area contributed by atoms with Crippen LogP contribution in [-0.4, -0.2) is 53.5 Å². The Labute approximate surface area is 167 Å². The normalized spacial score (nSPS) is 20.3. The summed E-state index contributed by atoms with van der Waals surface area (Å²) in [6.07, 6.45) is 6.40. The van der Waals surface area contributed by atoms with E-state index in [1.165, 1.54) is 12.8 Å². The van der Waals surface area contributed by atoms with E-state index in [9.17, 15) is 4.79 Å². The molecule has 2 fully saturated rings. The first-order valence-electron chi connectivity index (χ1n) is 10.4. The van der Waals surface area contributed by atoms with Gasteiger partial charge in [-0.15, -0.1) is 0 Å². The smallest absolute Gasteiger partial charge is 0.257 e. The van der Waals surface area contributed by atoms with Crippen LogP contribution in [0.1, 0.15) is 41.7 Å². The molecule has 0 aliphatic carbocycles. The lowest BCUT2D eigenvalue weighted by Crippen LogP contribution is -2.37. The van der Waals surface area contributed by atoms with Gasteiger partial charge in [0, 0.05) is 38.3 Å². The summed E-state index contributed by atoms with van der Waals surface area (Å²) in [5.74, 6) is 1.31. The molecule has 1 aromatic heterocycles. The van der Waals surface area contributed by atoms with Crippen LogP contribution in [0.25, 0.3) is 0 Å². The maximum atomic E-state index is 12.8. The second-order valence-electron chi connectivity index (χ2n) is 7.87. The first-order valence-corrected chi connectivity index (χ1v) is 10.4. The standard InChI is InChI=1S/C23H29N3O2/c27-23(26-14-5-6-15-26)21-10-1-2-11-22(21)28-18-19-8-7-13-25(16-19)17-20-9-3-4-12-24-20/h1-4,9-12,19H,5-8,13-18H2. The molecule has 1 unspecified atom stereocenters. The SMILES string of the molecule is O=C(c1ccccc1OCC1CCCN(Cc2ccccn2)C1)N1CCCC1. The summed E-state index contributed by atoms with van der Waals surface area (Å²) in [4.78, 5) is 21.7. The first kappa shape index (κ1) is 18.9. The highest BCUT2D eigenvalue weighted by Crippen LogP contribution is 2.24. The van der Waals surface area contributed by atoms with Crippen molar-refractivity contribution >= 4 is 5.91 Å². The summed E-state index contributed by atoms with van der Waals surface area (Å²) in [5, 5.41) is 0. The number of benzene rings is 1. The fourth-order valence-corrected chi connectivity index (χ4v) is 4.22. The third-order valence-corrected chi connectivity index (χ3v) is 5.70. The van der Waals surface area contributed by atoms with Gasteiger partial charge in [0.05, 0.1) is 17.9 Å². The first-order chi connectivity index (χ1) is 13.8. The minimum atomic E-state index is 0.105. The summed E-state index contributed by atoms with van der Waals surface area (Å²) >= 11 is 0.